The molecule has 1 aromatic rings. The molecule has 2 rings (SSSR count). The van der Waals surface area contributed by atoms with Crippen LogP contribution < -0.4 is 4.43 Å². The standard InChI is InChI=1S/C22H34OSi/c1-8-14-22(15-9-2)16-10-11-18-17-19(12-13-20(18)22)23-24(6,7)21(3,4)5/h8-9,12-13,17H,1-2,10-11,14-16H2,3-7H3. The van der Waals surface area contributed by atoms with Crippen LogP contribution in [0.15, 0.2) is 43.5 Å². The van der Waals surface area contributed by atoms with Crippen LogP contribution in [-0.4, -0.2) is 8.32 Å². The Morgan fingerprint density at radius 2 is 1.79 bits per heavy atom. The highest BCUT2D eigenvalue weighted by molar-refractivity contribution is 6.74. The van der Waals surface area contributed by atoms with Crippen molar-refractivity contribution in [1.29, 1.82) is 0 Å². The molecule has 0 saturated heterocycles. The number of allylic oxidation sites excluding steroid dienone is 2. The van der Waals surface area contributed by atoms with Gasteiger partial charge in [0.1, 0.15) is 5.75 Å². The Hall–Kier alpha value is -1.28. The molecule has 1 aliphatic rings. The van der Waals surface area contributed by atoms with Crippen LogP contribution in [0.5, 0.6) is 5.75 Å². The second-order valence-electron chi connectivity index (χ2n) is 8.80. The van der Waals surface area contributed by atoms with E-state index in [2.05, 4.69) is 77.4 Å². The predicted molar refractivity (Wildman–Crippen MR) is 109 cm³/mol. The smallest absolute Gasteiger partial charge is 0.250 e. The zero-order chi connectivity index (χ0) is 18.0. The molecule has 0 spiro atoms. The van der Waals surface area contributed by atoms with Crippen molar-refractivity contribution in [2.24, 2.45) is 0 Å². The number of hydrogen-bond acceptors (Lipinski definition) is 1. The monoisotopic (exact) mass is 342 g/mol. The molecule has 0 heterocycles. The van der Waals surface area contributed by atoms with Crippen LogP contribution in [0.25, 0.3) is 0 Å². The highest BCUT2D eigenvalue weighted by atomic mass is 28.4. The molecule has 0 unspecified atom stereocenters. The van der Waals surface area contributed by atoms with E-state index in [-0.39, 0.29) is 10.5 Å². The van der Waals surface area contributed by atoms with Gasteiger partial charge in [-0.2, -0.15) is 0 Å². The van der Waals surface area contributed by atoms with Crippen LogP contribution in [0.2, 0.25) is 18.1 Å². The number of rotatable bonds is 6. The third kappa shape index (κ3) is 3.69. The van der Waals surface area contributed by atoms with Crippen LogP contribution in [0.4, 0.5) is 0 Å². The van der Waals surface area contributed by atoms with Gasteiger partial charge in [-0.05, 0) is 73.5 Å². The Morgan fingerprint density at radius 3 is 2.33 bits per heavy atom. The maximum Gasteiger partial charge on any atom is 0.250 e. The van der Waals surface area contributed by atoms with Gasteiger partial charge in [0, 0.05) is 5.41 Å². The fourth-order valence-corrected chi connectivity index (χ4v) is 4.64. The molecular formula is C22H34OSi. The van der Waals surface area contributed by atoms with Crippen molar-refractivity contribution < 1.29 is 4.43 Å². The highest BCUT2D eigenvalue weighted by Gasteiger charge is 2.39. The maximum atomic E-state index is 6.52. The fourth-order valence-electron chi connectivity index (χ4n) is 3.62. The average Bonchev–Trinajstić information content (AvgIpc) is 2.46. The van der Waals surface area contributed by atoms with E-state index in [1.807, 2.05) is 0 Å². The first-order valence-corrected chi connectivity index (χ1v) is 12.1. The molecule has 0 aromatic heterocycles. The van der Waals surface area contributed by atoms with Crippen molar-refractivity contribution in [2.45, 2.75) is 76.4 Å². The minimum absolute atomic E-state index is 0.187. The van der Waals surface area contributed by atoms with Crippen LogP contribution in [-0.2, 0) is 11.8 Å². The molecule has 1 nitrogen and oxygen atoms in total. The lowest BCUT2D eigenvalue weighted by molar-refractivity contribution is 0.365. The quantitative estimate of drug-likeness (QED) is 0.408. The zero-order valence-electron chi connectivity index (χ0n) is 16.2. The lowest BCUT2D eigenvalue weighted by atomic mass is 9.66. The Labute approximate surface area is 150 Å². The van der Waals surface area contributed by atoms with Gasteiger partial charge in [0.2, 0.25) is 8.32 Å². The molecule has 0 amide bonds. The SMILES string of the molecule is C=CCC1(CC=C)CCCc2cc(O[Si](C)(C)C(C)(C)C)ccc21. The van der Waals surface area contributed by atoms with Crippen molar-refractivity contribution in [3.8, 4) is 5.75 Å². The summed E-state index contributed by atoms with van der Waals surface area (Å²) >= 11 is 0. The van der Waals surface area contributed by atoms with E-state index >= 15 is 0 Å². The number of aryl methyl sites for hydroxylation is 1. The van der Waals surface area contributed by atoms with E-state index in [0.717, 1.165) is 25.0 Å². The molecule has 2 heteroatoms. The molecule has 0 saturated carbocycles. The van der Waals surface area contributed by atoms with Gasteiger partial charge in [0.15, 0.2) is 0 Å². The topological polar surface area (TPSA) is 9.23 Å². The summed E-state index contributed by atoms with van der Waals surface area (Å²) < 4.78 is 6.52. The summed E-state index contributed by atoms with van der Waals surface area (Å²) in [4.78, 5) is 0. The largest absolute Gasteiger partial charge is 0.543 e. The summed E-state index contributed by atoms with van der Waals surface area (Å²) in [6, 6.07) is 6.80. The van der Waals surface area contributed by atoms with Crippen LogP contribution in [0.3, 0.4) is 0 Å². The van der Waals surface area contributed by atoms with Crippen molar-refractivity contribution in [1.82, 2.24) is 0 Å². The fraction of sp³-hybridized carbons (Fsp3) is 0.545. The third-order valence-corrected chi connectivity index (χ3v) is 10.4. The van der Waals surface area contributed by atoms with Gasteiger partial charge in [-0.3, -0.25) is 0 Å². The Balaban J connectivity index is 2.37. The van der Waals surface area contributed by atoms with Gasteiger partial charge in [-0.25, -0.2) is 0 Å². The van der Waals surface area contributed by atoms with Crippen molar-refractivity contribution in [2.75, 3.05) is 0 Å². The molecule has 1 aliphatic carbocycles. The van der Waals surface area contributed by atoms with E-state index in [4.69, 9.17) is 4.43 Å². The molecule has 24 heavy (non-hydrogen) atoms. The van der Waals surface area contributed by atoms with E-state index in [1.165, 1.54) is 24.0 Å². The lowest BCUT2D eigenvalue weighted by Crippen LogP contribution is -2.44. The Kier molecular flexibility index (Phi) is 5.49. The Morgan fingerprint density at radius 1 is 1.17 bits per heavy atom. The molecule has 1 aromatic carbocycles. The van der Waals surface area contributed by atoms with E-state index in [9.17, 15) is 0 Å². The third-order valence-electron chi connectivity index (χ3n) is 6.00. The summed E-state index contributed by atoms with van der Waals surface area (Å²) in [6.07, 6.45) is 9.79. The van der Waals surface area contributed by atoms with Crippen LogP contribution in [0.1, 0.15) is 57.6 Å². The van der Waals surface area contributed by atoms with Gasteiger partial charge in [-0.1, -0.05) is 39.0 Å². The molecule has 132 valence electrons. The van der Waals surface area contributed by atoms with E-state index in [1.54, 1.807) is 0 Å². The van der Waals surface area contributed by atoms with E-state index in [0.29, 0.717) is 0 Å². The second-order valence-corrected chi connectivity index (χ2v) is 13.5. The van der Waals surface area contributed by atoms with Crippen LogP contribution >= 0.6 is 0 Å². The van der Waals surface area contributed by atoms with Crippen molar-refractivity contribution in [3.05, 3.63) is 54.6 Å². The molecule has 0 aliphatic heterocycles. The maximum absolute atomic E-state index is 6.52. The van der Waals surface area contributed by atoms with Gasteiger partial charge in [0.25, 0.3) is 0 Å². The summed E-state index contributed by atoms with van der Waals surface area (Å²) in [5.74, 6) is 1.05. The molecule has 0 radical (unpaired) electrons. The van der Waals surface area contributed by atoms with Gasteiger partial charge in [-0.15, -0.1) is 13.2 Å². The highest BCUT2D eigenvalue weighted by Crippen LogP contribution is 2.45. The predicted octanol–water partition coefficient (Wildman–Crippen LogP) is 6.80. The minimum atomic E-state index is -1.79. The average molecular weight is 343 g/mol. The summed E-state index contributed by atoms with van der Waals surface area (Å²) in [7, 11) is -1.79. The van der Waals surface area contributed by atoms with Crippen molar-refractivity contribution >= 4 is 8.32 Å². The summed E-state index contributed by atoms with van der Waals surface area (Å²) in [6.45, 7) is 19.5. The molecule has 0 N–H and O–H groups in total. The lowest BCUT2D eigenvalue weighted by Gasteiger charge is -2.40. The minimum Gasteiger partial charge on any atom is -0.543 e. The first kappa shape index (κ1) is 19.0. The van der Waals surface area contributed by atoms with Crippen molar-refractivity contribution in [3.63, 3.8) is 0 Å². The molecule has 0 fully saturated rings. The number of benzene rings is 1. The first-order chi connectivity index (χ1) is 11.1. The number of fused-ring (bicyclic) bond motifs is 1. The Bertz CT molecular complexity index is 597. The second kappa shape index (κ2) is 6.91. The van der Waals surface area contributed by atoms with E-state index < -0.39 is 8.32 Å². The van der Waals surface area contributed by atoms with Crippen LogP contribution in [0, 0.1) is 0 Å². The first-order valence-electron chi connectivity index (χ1n) is 9.19. The van der Waals surface area contributed by atoms with Gasteiger partial charge >= 0.3 is 0 Å². The normalized spacial score (nSPS) is 17.0. The van der Waals surface area contributed by atoms with Gasteiger partial charge < -0.3 is 4.43 Å². The summed E-state index contributed by atoms with van der Waals surface area (Å²) in [5.41, 5.74) is 3.13. The molecule has 0 bridgehead atoms. The zero-order valence-corrected chi connectivity index (χ0v) is 17.2. The molecule has 0 atom stereocenters. The summed E-state index contributed by atoms with van der Waals surface area (Å²) in [5, 5.41) is 0.221. The van der Waals surface area contributed by atoms with Gasteiger partial charge in [0.05, 0.1) is 0 Å². The number of hydrogen-bond donors (Lipinski definition) is 0. The molecular weight excluding hydrogens is 308 g/mol.